The van der Waals surface area contributed by atoms with Crippen molar-refractivity contribution in [2.45, 2.75) is 43.8 Å². The number of aromatic nitrogens is 3. The molecule has 0 bridgehead atoms. The van der Waals surface area contributed by atoms with Crippen LogP contribution in [0.2, 0.25) is 10.0 Å². The molecule has 6 nitrogen and oxygen atoms in total. The SMILES string of the molecule is C=CCn1c(COc2ccc(CC)cc2)nnc1S[C@@H](C)C(=O)Nc1ccc(Cl)cc1Cl. The highest BCUT2D eigenvalue weighted by atomic mass is 35.5. The van der Waals surface area contributed by atoms with E-state index in [2.05, 4.69) is 29.0 Å². The number of halogens is 2. The Morgan fingerprint density at radius 3 is 2.66 bits per heavy atom. The summed E-state index contributed by atoms with van der Waals surface area (Å²) >= 11 is 13.4. The molecule has 32 heavy (non-hydrogen) atoms. The summed E-state index contributed by atoms with van der Waals surface area (Å²) in [5.74, 6) is 1.21. The molecule has 0 aliphatic rings. The van der Waals surface area contributed by atoms with Crippen molar-refractivity contribution in [3.05, 3.63) is 76.6 Å². The first-order valence-corrected chi connectivity index (χ1v) is 11.7. The topological polar surface area (TPSA) is 69.0 Å². The quantitative estimate of drug-likeness (QED) is 0.277. The Morgan fingerprint density at radius 2 is 2.00 bits per heavy atom. The Morgan fingerprint density at radius 1 is 1.25 bits per heavy atom. The fourth-order valence-corrected chi connectivity index (χ4v) is 4.16. The zero-order valence-electron chi connectivity index (χ0n) is 17.8. The molecule has 0 aliphatic heterocycles. The Hall–Kier alpha value is -2.48. The van der Waals surface area contributed by atoms with Gasteiger partial charge in [-0.05, 0) is 49.2 Å². The van der Waals surface area contributed by atoms with Gasteiger partial charge in [0.05, 0.1) is 16.0 Å². The highest BCUT2D eigenvalue weighted by molar-refractivity contribution is 8.00. The Bertz CT molecular complexity index is 1090. The normalized spacial score (nSPS) is 11.8. The van der Waals surface area contributed by atoms with Gasteiger partial charge in [0.25, 0.3) is 0 Å². The zero-order chi connectivity index (χ0) is 23.1. The lowest BCUT2D eigenvalue weighted by molar-refractivity contribution is -0.115. The fraction of sp³-hybridized carbons (Fsp3) is 0.261. The highest BCUT2D eigenvalue weighted by Gasteiger charge is 2.21. The summed E-state index contributed by atoms with van der Waals surface area (Å²) in [6.45, 7) is 8.47. The van der Waals surface area contributed by atoms with Gasteiger partial charge >= 0.3 is 0 Å². The van der Waals surface area contributed by atoms with Crippen LogP contribution in [-0.2, 0) is 24.4 Å². The number of rotatable bonds is 10. The molecule has 3 aromatic rings. The molecule has 0 fully saturated rings. The largest absolute Gasteiger partial charge is 0.486 e. The van der Waals surface area contributed by atoms with E-state index in [0.29, 0.717) is 33.3 Å². The molecule has 1 amide bonds. The lowest BCUT2D eigenvalue weighted by Gasteiger charge is -2.14. The number of aryl methyl sites for hydroxylation is 1. The van der Waals surface area contributed by atoms with E-state index < -0.39 is 5.25 Å². The van der Waals surface area contributed by atoms with Crippen molar-refractivity contribution in [1.82, 2.24) is 14.8 Å². The van der Waals surface area contributed by atoms with Crippen molar-refractivity contribution >= 4 is 46.6 Å². The molecule has 0 aliphatic carbocycles. The first kappa shape index (κ1) is 24.2. The molecule has 0 spiro atoms. The lowest BCUT2D eigenvalue weighted by Crippen LogP contribution is -2.23. The van der Waals surface area contributed by atoms with Gasteiger partial charge in [-0.1, -0.05) is 60.1 Å². The third-order valence-corrected chi connectivity index (χ3v) is 6.27. The minimum atomic E-state index is -0.440. The summed E-state index contributed by atoms with van der Waals surface area (Å²) in [7, 11) is 0. The summed E-state index contributed by atoms with van der Waals surface area (Å²) in [6, 6.07) is 12.9. The fourth-order valence-electron chi connectivity index (χ4n) is 2.83. The van der Waals surface area contributed by atoms with Crippen molar-refractivity contribution in [3.8, 4) is 5.75 Å². The highest BCUT2D eigenvalue weighted by Crippen LogP contribution is 2.28. The number of hydrogen-bond donors (Lipinski definition) is 1. The second-order valence-electron chi connectivity index (χ2n) is 6.96. The molecule has 168 valence electrons. The van der Waals surface area contributed by atoms with Gasteiger partial charge in [0.1, 0.15) is 12.4 Å². The average molecular weight is 491 g/mol. The maximum atomic E-state index is 12.7. The molecule has 1 N–H and O–H groups in total. The second kappa shape index (κ2) is 11.4. The van der Waals surface area contributed by atoms with Crippen molar-refractivity contribution in [2.75, 3.05) is 5.32 Å². The predicted octanol–water partition coefficient (Wildman–Crippen LogP) is 6.03. The van der Waals surface area contributed by atoms with Crippen LogP contribution in [0.5, 0.6) is 5.75 Å². The number of ether oxygens (including phenoxy) is 1. The van der Waals surface area contributed by atoms with Gasteiger partial charge < -0.3 is 10.1 Å². The molecule has 0 radical (unpaired) electrons. The first-order chi connectivity index (χ1) is 15.4. The van der Waals surface area contributed by atoms with Crippen molar-refractivity contribution in [2.24, 2.45) is 0 Å². The van der Waals surface area contributed by atoms with Crippen LogP contribution in [0, 0.1) is 0 Å². The third-order valence-electron chi connectivity index (χ3n) is 4.65. The second-order valence-corrected chi connectivity index (χ2v) is 9.11. The van der Waals surface area contributed by atoms with Gasteiger partial charge in [-0.3, -0.25) is 9.36 Å². The van der Waals surface area contributed by atoms with Crippen LogP contribution in [0.15, 0.2) is 60.3 Å². The molecule has 1 heterocycles. The first-order valence-electron chi connectivity index (χ1n) is 10.1. The Kier molecular flexibility index (Phi) is 8.61. The van der Waals surface area contributed by atoms with Crippen molar-refractivity contribution in [1.29, 1.82) is 0 Å². The van der Waals surface area contributed by atoms with Gasteiger partial charge in [0.15, 0.2) is 11.0 Å². The molecule has 3 rings (SSSR count). The summed E-state index contributed by atoms with van der Waals surface area (Å²) in [6.07, 6.45) is 2.73. The van der Waals surface area contributed by atoms with E-state index >= 15 is 0 Å². The lowest BCUT2D eigenvalue weighted by atomic mass is 10.2. The molecule has 1 aromatic heterocycles. The van der Waals surface area contributed by atoms with Crippen LogP contribution >= 0.6 is 35.0 Å². The number of nitrogens with zero attached hydrogens (tertiary/aromatic N) is 3. The number of amides is 1. The Labute approximate surface area is 202 Å². The van der Waals surface area contributed by atoms with E-state index in [0.717, 1.165) is 12.2 Å². The number of carbonyl (C=O) groups excluding carboxylic acids is 1. The number of carbonyl (C=O) groups is 1. The summed E-state index contributed by atoms with van der Waals surface area (Å²) in [4.78, 5) is 12.7. The van der Waals surface area contributed by atoms with Crippen LogP contribution in [0.25, 0.3) is 0 Å². The van der Waals surface area contributed by atoms with Gasteiger partial charge in [0.2, 0.25) is 5.91 Å². The average Bonchev–Trinajstić information content (AvgIpc) is 3.16. The molecule has 1 atom stereocenters. The van der Waals surface area contributed by atoms with E-state index in [1.165, 1.54) is 17.3 Å². The summed E-state index contributed by atoms with van der Waals surface area (Å²) in [5.41, 5.74) is 1.75. The zero-order valence-corrected chi connectivity index (χ0v) is 20.2. The van der Waals surface area contributed by atoms with E-state index in [1.807, 2.05) is 28.8 Å². The molecule has 9 heteroatoms. The summed E-state index contributed by atoms with van der Waals surface area (Å²) in [5, 5.41) is 12.4. The number of allylic oxidation sites excluding steroid dienone is 1. The predicted molar refractivity (Wildman–Crippen MR) is 131 cm³/mol. The number of thioether (sulfide) groups is 1. The standard InChI is InChI=1S/C23H24Cl2N4O2S/c1-4-12-29-21(14-31-18-9-6-16(5-2)7-10-18)27-28-23(29)32-15(3)22(30)26-20-11-8-17(24)13-19(20)25/h4,6-11,13,15H,1,5,12,14H2,2-3H3,(H,26,30)/t15-/m0/s1. The molecular formula is C23H24Cl2N4O2S. The monoisotopic (exact) mass is 490 g/mol. The summed E-state index contributed by atoms with van der Waals surface area (Å²) < 4.78 is 7.76. The van der Waals surface area contributed by atoms with E-state index in [1.54, 1.807) is 31.2 Å². The Balaban J connectivity index is 1.66. The molecule has 0 saturated heterocycles. The molecule has 0 saturated carbocycles. The van der Waals surface area contributed by atoms with Gasteiger partial charge in [-0.25, -0.2) is 0 Å². The molecular weight excluding hydrogens is 467 g/mol. The maximum absolute atomic E-state index is 12.7. The number of benzene rings is 2. The van der Waals surface area contributed by atoms with Crippen LogP contribution in [-0.4, -0.2) is 25.9 Å². The van der Waals surface area contributed by atoms with Crippen LogP contribution in [0.4, 0.5) is 5.69 Å². The minimum absolute atomic E-state index is 0.207. The smallest absolute Gasteiger partial charge is 0.237 e. The van der Waals surface area contributed by atoms with Crippen molar-refractivity contribution in [3.63, 3.8) is 0 Å². The van der Waals surface area contributed by atoms with Crippen LogP contribution in [0.3, 0.4) is 0 Å². The van der Waals surface area contributed by atoms with Gasteiger partial charge in [-0.2, -0.15) is 0 Å². The number of anilines is 1. The van der Waals surface area contributed by atoms with Crippen LogP contribution < -0.4 is 10.1 Å². The molecule has 2 aromatic carbocycles. The van der Waals surface area contributed by atoms with E-state index in [9.17, 15) is 4.79 Å². The third kappa shape index (κ3) is 6.28. The van der Waals surface area contributed by atoms with Gasteiger partial charge in [-0.15, -0.1) is 16.8 Å². The van der Waals surface area contributed by atoms with E-state index in [4.69, 9.17) is 27.9 Å². The number of hydrogen-bond acceptors (Lipinski definition) is 5. The molecule has 0 unspecified atom stereocenters. The minimum Gasteiger partial charge on any atom is -0.486 e. The number of nitrogens with one attached hydrogen (secondary N) is 1. The van der Waals surface area contributed by atoms with Crippen LogP contribution in [0.1, 0.15) is 25.2 Å². The van der Waals surface area contributed by atoms with Gasteiger partial charge in [0, 0.05) is 11.6 Å². The van der Waals surface area contributed by atoms with E-state index in [-0.39, 0.29) is 12.5 Å². The maximum Gasteiger partial charge on any atom is 0.237 e. The van der Waals surface area contributed by atoms with Crippen molar-refractivity contribution < 1.29 is 9.53 Å².